The molecule has 0 aliphatic heterocycles. The maximum absolute atomic E-state index is 12.6. The lowest BCUT2D eigenvalue weighted by Crippen LogP contribution is -2.47. The maximum Gasteiger partial charge on any atom is 0.271 e. The molecule has 2 aromatic carbocycles. The fourth-order valence-electron chi connectivity index (χ4n) is 3.68. The molecule has 0 bridgehead atoms. The van der Waals surface area contributed by atoms with Gasteiger partial charge in [0.1, 0.15) is 6.04 Å². The van der Waals surface area contributed by atoms with Gasteiger partial charge in [-0.1, -0.05) is 17.3 Å². The van der Waals surface area contributed by atoms with E-state index >= 15 is 0 Å². The summed E-state index contributed by atoms with van der Waals surface area (Å²) in [7, 11) is 3.62. The molecule has 0 heterocycles. The van der Waals surface area contributed by atoms with Gasteiger partial charge in [0.2, 0.25) is 11.8 Å². The number of nitrogens with one attached hydrogen (secondary N) is 3. The zero-order valence-corrected chi connectivity index (χ0v) is 27.7. The van der Waals surface area contributed by atoms with Crippen LogP contribution in [0.3, 0.4) is 0 Å². The summed E-state index contributed by atoms with van der Waals surface area (Å²) < 4.78 is 12.6. The molecule has 3 unspecified atom stereocenters. The van der Waals surface area contributed by atoms with E-state index in [1.54, 1.807) is 24.3 Å². The quantitative estimate of drug-likeness (QED) is 0.0645. The molecule has 0 saturated heterocycles. The number of benzene rings is 2. The predicted octanol–water partition coefficient (Wildman–Crippen LogP) is 4.16. The van der Waals surface area contributed by atoms with Gasteiger partial charge in [0.15, 0.2) is 0 Å². The smallest absolute Gasteiger partial charge is 0.271 e. The Balaban J connectivity index is 1.71. The van der Waals surface area contributed by atoms with Gasteiger partial charge in [-0.25, -0.2) is 0 Å². The number of nitrogens with zero attached hydrogens (tertiary/aromatic N) is 3. The standard InChI is InChI=1S/C29H41N7O5P2S/c1-4-18-31-29(39)26(7-5-6-17-30)33-27(37)16-21-44-43(40,41)42-20-19-32-28(38)22-8-10-23(11-9-22)34-35-24-12-14-25(15-13-24)36(2)3/h1,8-15,26,42H,5-7,16-21,30H2,2-3H3,(H,31,39)(H,32,38)(H,33,37)(H,40,41)/b35-34+. The van der Waals surface area contributed by atoms with Crippen molar-refractivity contribution in [2.24, 2.45) is 16.0 Å². The largest absolute Gasteiger partial charge is 0.378 e. The minimum absolute atomic E-state index is 0.0233. The van der Waals surface area contributed by atoms with Crippen LogP contribution in [0.1, 0.15) is 36.0 Å². The molecule has 2 aromatic rings. The number of azo groups is 1. The Hall–Kier alpha value is -3.26. The number of carbonyl (C=O) groups is 3. The first-order valence-corrected chi connectivity index (χ1v) is 19.3. The van der Waals surface area contributed by atoms with Crippen molar-refractivity contribution >= 4 is 60.7 Å². The topological polar surface area (TPSA) is 179 Å². The molecule has 0 fully saturated rings. The Morgan fingerprint density at radius 1 is 1.07 bits per heavy atom. The minimum Gasteiger partial charge on any atom is -0.378 e. The Bertz CT molecular complexity index is 1340. The lowest BCUT2D eigenvalue weighted by Gasteiger charge is -2.18. The van der Waals surface area contributed by atoms with Crippen molar-refractivity contribution in [2.45, 2.75) is 31.7 Å². The van der Waals surface area contributed by atoms with Crippen LogP contribution in [0.5, 0.6) is 0 Å². The molecular weight excluding hydrogens is 620 g/mol. The number of hydrogen-bond donors (Lipinski definition) is 5. The molecule has 0 radical (unpaired) electrons. The second-order valence-corrected chi connectivity index (χ2v) is 18.3. The molecule has 0 spiro atoms. The average molecular weight is 662 g/mol. The molecule has 0 aliphatic rings. The van der Waals surface area contributed by atoms with Crippen LogP contribution in [-0.4, -0.2) is 74.3 Å². The summed E-state index contributed by atoms with van der Waals surface area (Å²) in [5, 5.41) is 16.4. The second kappa shape index (κ2) is 19.9. The summed E-state index contributed by atoms with van der Waals surface area (Å²) in [5.74, 6) is 1.36. The number of hydrogen-bond acceptors (Lipinski definition) is 9. The third-order valence-corrected chi connectivity index (χ3v) is 13.5. The number of nitrogens with two attached hydrogens (primary N) is 1. The monoisotopic (exact) mass is 661 g/mol. The number of carbonyl (C=O) groups excluding carboxylic acids is 3. The van der Waals surface area contributed by atoms with Crippen molar-refractivity contribution in [3.05, 3.63) is 54.1 Å². The number of anilines is 1. The van der Waals surface area contributed by atoms with Crippen LogP contribution in [-0.2, 0) is 14.2 Å². The third kappa shape index (κ3) is 14.5. The summed E-state index contributed by atoms with van der Waals surface area (Å²) in [6.45, 7) is 0.762. The fourth-order valence-corrected chi connectivity index (χ4v) is 9.76. The maximum atomic E-state index is 12.6. The van der Waals surface area contributed by atoms with Crippen LogP contribution in [0.25, 0.3) is 0 Å². The fraction of sp³-hybridized carbons (Fsp3) is 0.414. The summed E-state index contributed by atoms with van der Waals surface area (Å²) in [6, 6.07) is 13.6. The second-order valence-electron chi connectivity index (χ2n) is 9.75. The first kappa shape index (κ1) is 36.9. The normalized spacial score (nSPS) is 13.2. The number of terminal acetylenes is 1. The van der Waals surface area contributed by atoms with E-state index in [0.717, 1.165) is 17.1 Å². The summed E-state index contributed by atoms with van der Waals surface area (Å²) in [5.41, 5.74) is 8.31. The van der Waals surface area contributed by atoms with Gasteiger partial charge in [-0.2, -0.15) is 10.2 Å². The Morgan fingerprint density at radius 2 is 1.70 bits per heavy atom. The van der Waals surface area contributed by atoms with Crippen LogP contribution in [0.2, 0.25) is 0 Å². The molecule has 0 aromatic heterocycles. The van der Waals surface area contributed by atoms with Crippen molar-refractivity contribution in [3.63, 3.8) is 0 Å². The van der Waals surface area contributed by atoms with E-state index in [-0.39, 0.29) is 45.3 Å². The van der Waals surface area contributed by atoms with Crippen molar-refractivity contribution in [1.29, 1.82) is 0 Å². The zero-order chi connectivity index (χ0) is 32.4. The molecule has 15 heteroatoms. The van der Waals surface area contributed by atoms with E-state index in [9.17, 15) is 23.8 Å². The molecule has 0 saturated carbocycles. The Kier molecular flexibility index (Phi) is 16.7. The molecular formula is C29H41N7O5P2S. The first-order chi connectivity index (χ1) is 21.0. The van der Waals surface area contributed by atoms with Crippen LogP contribution in [0.4, 0.5) is 17.1 Å². The van der Waals surface area contributed by atoms with Crippen LogP contribution >= 0.6 is 25.9 Å². The van der Waals surface area contributed by atoms with Gasteiger partial charge in [0, 0.05) is 44.1 Å². The third-order valence-electron chi connectivity index (χ3n) is 6.06. The Labute approximate surface area is 264 Å². The van der Waals surface area contributed by atoms with Gasteiger partial charge < -0.3 is 31.5 Å². The molecule has 2 rings (SSSR count). The highest BCUT2D eigenvalue weighted by molar-refractivity contribution is 8.74. The van der Waals surface area contributed by atoms with Gasteiger partial charge in [-0.3, -0.25) is 18.9 Å². The SMILES string of the molecule is C#CCNC(=O)C(CCCCN)NC(=O)CCSP(=O)(O)PCCNC(=O)c1ccc(/N=N/c2ccc(N(C)C)cc2)cc1. The van der Waals surface area contributed by atoms with E-state index in [1.165, 1.54) is 0 Å². The molecule has 6 N–H and O–H groups in total. The van der Waals surface area contributed by atoms with Gasteiger partial charge in [0.25, 0.3) is 12.2 Å². The van der Waals surface area contributed by atoms with E-state index in [1.807, 2.05) is 43.3 Å². The Morgan fingerprint density at radius 3 is 2.30 bits per heavy atom. The van der Waals surface area contributed by atoms with E-state index in [2.05, 4.69) is 32.1 Å². The molecule has 0 aliphatic carbocycles. The molecule has 12 nitrogen and oxygen atoms in total. The zero-order valence-electron chi connectivity index (χ0n) is 25.0. The molecule has 3 atom stereocenters. The van der Waals surface area contributed by atoms with Crippen molar-refractivity contribution < 1.29 is 23.8 Å². The number of amides is 3. The molecule has 3 amide bonds. The van der Waals surface area contributed by atoms with Crippen molar-refractivity contribution in [1.82, 2.24) is 16.0 Å². The van der Waals surface area contributed by atoms with Crippen LogP contribution < -0.4 is 26.6 Å². The van der Waals surface area contributed by atoms with Crippen molar-refractivity contribution in [3.8, 4) is 12.3 Å². The van der Waals surface area contributed by atoms with Gasteiger partial charge in [-0.15, -0.1) is 6.42 Å². The average Bonchev–Trinajstić information content (AvgIpc) is 3.00. The summed E-state index contributed by atoms with van der Waals surface area (Å²) in [6.07, 6.45) is 3.72. The number of rotatable bonds is 19. The lowest BCUT2D eigenvalue weighted by atomic mass is 10.1. The van der Waals surface area contributed by atoms with Crippen molar-refractivity contribution in [2.75, 3.05) is 50.5 Å². The van der Waals surface area contributed by atoms with Crippen LogP contribution in [0.15, 0.2) is 58.8 Å². The van der Waals surface area contributed by atoms with E-state index < -0.39 is 18.2 Å². The van der Waals surface area contributed by atoms with Gasteiger partial charge in [-0.05, 0) is 88.8 Å². The minimum atomic E-state index is -3.55. The summed E-state index contributed by atoms with van der Waals surface area (Å²) >= 11 is 0.824. The van der Waals surface area contributed by atoms with E-state index in [4.69, 9.17) is 12.2 Å². The lowest BCUT2D eigenvalue weighted by molar-refractivity contribution is -0.128. The van der Waals surface area contributed by atoms with Gasteiger partial charge >= 0.3 is 0 Å². The summed E-state index contributed by atoms with van der Waals surface area (Å²) in [4.78, 5) is 49.4. The highest BCUT2D eigenvalue weighted by Gasteiger charge is 2.22. The number of unbranched alkanes of at least 4 members (excludes halogenated alkanes) is 1. The molecule has 44 heavy (non-hydrogen) atoms. The highest BCUT2D eigenvalue weighted by Crippen LogP contribution is 2.69. The highest BCUT2D eigenvalue weighted by atomic mass is 32.9. The first-order valence-electron chi connectivity index (χ1n) is 14.0. The van der Waals surface area contributed by atoms with Gasteiger partial charge in [0.05, 0.1) is 17.9 Å². The van der Waals surface area contributed by atoms with Crippen LogP contribution in [0, 0.1) is 12.3 Å². The molecule has 238 valence electrons. The van der Waals surface area contributed by atoms with E-state index in [0.29, 0.717) is 48.9 Å². The predicted molar refractivity (Wildman–Crippen MR) is 180 cm³/mol.